The smallest absolute Gasteiger partial charge is 0.0261 e. The zero-order chi connectivity index (χ0) is 11.2. The van der Waals surface area contributed by atoms with Crippen molar-refractivity contribution >= 4 is 0 Å². The quantitative estimate of drug-likeness (QED) is 0.576. The molecule has 74 valence electrons. The molecule has 0 bridgehead atoms. The molecule has 0 aliphatic heterocycles. The third-order valence-electron chi connectivity index (χ3n) is 2.15. The molecule has 0 unspecified atom stereocenters. The molecular formula is C16H10. The predicted octanol–water partition coefficient (Wildman–Crippen LogP) is 3.07. The zero-order valence-corrected chi connectivity index (χ0v) is 8.77. The zero-order valence-electron chi connectivity index (χ0n) is 8.77. The maximum absolute atomic E-state index is 5.33. The van der Waals surface area contributed by atoms with E-state index in [0.29, 0.717) is 0 Å². The molecule has 0 atom stereocenters. The Morgan fingerprint density at radius 1 is 0.688 bits per heavy atom. The summed E-state index contributed by atoms with van der Waals surface area (Å²) in [7, 11) is 0. The van der Waals surface area contributed by atoms with Gasteiger partial charge in [0, 0.05) is 16.7 Å². The second-order valence-corrected chi connectivity index (χ2v) is 3.34. The summed E-state index contributed by atoms with van der Waals surface area (Å²) in [5, 5.41) is 0. The normalized spacial score (nSPS) is 8.69. The van der Waals surface area contributed by atoms with Gasteiger partial charge in [-0.15, -0.1) is 6.42 Å². The summed E-state index contributed by atoms with van der Waals surface area (Å²) < 4.78 is 0. The molecule has 0 amide bonds. The van der Waals surface area contributed by atoms with Gasteiger partial charge in [-0.3, -0.25) is 0 Å². The number of benzene rings is 2. The SMILES string of the molecule is C#Cc1cccc(C#Cc2ccccc2)c1. The largest absolute Gasteiger partial charge is 0.115 e. The summed E-state index contributed by atoms with van der Waals surface area (Å²) in [5.41, 5.74) is 2.81. The Bertz CT molecular complexity index is 575. The van der Waals surface area contributed by atoms with Crippen molar-refractivity contribution in [2.75, 3.05) is 0 Å². The van der Waals surface area contributed by atoms with Gasteiger partial charge < -0.3 is 0 Å². The molecule has 0 N–H and O–H groups in total. The molecule has 0 saturated heterocycles. The molecule has 0 aliphatic rings. The fraction of sp³-hybridized carbons (Fsp3) is 0. The third-order valence-corrected chi connectivity index (χ3v) is 2.15. The van der Waals surface area contributed by atoms with Gasteiger partial charge in [-0.1, -0.05) is 42.0 Å². The van der Waals surface area contributed by atoms with Crippen molar-refractivity contribution in [3.63, 3.8) is 0 Å². The molecule has 2 rings (SSSR count). The number of rotatable bonds is 0. The Morgan fingerprint density at radius 3 is 2.06 bits per heavy atom. The van der Waals surface area contributed by atoms with Gasteiger partial charge in [0.05, 0.1) is 0 Å². The van der Waals surface area contributed by atoms with E-state index >= 15 is 0 Å². The molecule has 0 aromatic heterocycles. The fourth-order valence-electron chi connectivity index (χ4n) is 1.35. The van der Waals surface area contributed by atoms with Crippen LogP contribution in [0.5, 0.6) is 0 Å². The van der Waals surface area contributed by atoms with Gasteiger partial charge in [0.1, 0.15) is 0 Å². The Labute approximate surface area is 95.9 Å². The van der Waals surface area contributed by atoms with Crippen LogP contribution < -0.4 is 0 Å². The first-order valence-corrected chi connectivity index (χ1v) is 5.02. The Balaban J connectivity index is 2.28. The molecule has 2 aromatic rings. The molecule has 0 radical (unpaired) electrons. The summed E-state index contributed by atoms with van der Waals surface area (Å²) >= 11 is 0. The summed E-state index contributed by atoms with van der Waals surface area (Å²) in [4.78, 5) is 0. The van der Waals surface area contributed by atoms with E-state index in [2.05, 4.69) is 17.8 Å². The standard InChI is InChI=1S/C16H10/c1-2-14-9-6-10-16(13-14)12-11-15-7-4-3-5-8-15/h1,3-10,13H. The topological polar surface area (TPSA) is 0 Å². The van der Waals surface area contributed by atoms with E-state index in [4.69, 9.17) is 6.42 Å². The monoisotopic (exact) mass is 202 g/mol. The van der Waals surface area contributed by atoms with Crippen LogP contribution in [0.15, 0.2) is 54.6 Å². The van der Waals surface area contributed by atoms with Crippen molar-refractivity contribution in [2.24, 2.45) is 0 Å². The predicted molar refractivity (Wildman–Crippen MR) is 66.8 cm³/mol. The van der Waals surface area contributed by atoms with Gasteiger partial charge in [0.2, 0.25) is 0 Å². The average Bonchev–Trinajstić information content (AvgIpc) is 2.38. The average molecular weight is 202 g/mol. The lowest BCUT2D eigenvalue weighted by molar-refractivity contribution is 1.59. The van der Waals surface area contributed by atoms with Crippen LogP contribution in [-0.2, 0) is 0 Å². The second-order valence-electron chi connectivity index (χ2n) is 3.34. The Hall–Kier alpha value is -2.44. The highest BCUT2D eigenvalue weighted by atomic mass is 13.9. The minimum absolute atomic E-state index is 0.861. The number of hydrogen-bond acceptors (Lipinski definition) is 0. The molecule has 0 spiro atoms. The van der Waals surface area contributed by atoms with Crippen molar-refractivity contribution in [2.45, 2.75) is 0 Å². The fourth-order valence-corrected chi connectivity index (χ4v) is 1.35. The molecule has 0 fully saturated rings. The lowest BCUT2D eigenvalue weighted by Gasteiger charge is -1.92. The van der Waals surface area contributed by atoms with Crippen LogP contribution in [0.25, 0.3) is 0 Å². The molecule has 0 saturated carbocycles. The van der Waals surface area contributed by atoms with Crippen LogP contribution in [0.3, 0.4) is 0 Å². The van der Waals surface area contributed by atoms with Gasteiger partial charge in [0.25, 0.3) is 0 Å². The van der Waals surface area contributed by atoms with Crippen molar-refractivity contribution in [3.8, 4) is 24.2 Å². The van der Waals surface area contributed by atoms with Crippen LogP contribution in [0.4, 0.5) is 0 Å². The van der Waals surface area contributed by atoms with Gasteiger partial charge in [-0.25, -0.2) is 0 Å². The summed E-state index contributed by atoms with van der Waals surface area (Å²) in [5.74, 6) is 8.78. The van der Waals surface area contributed by atoms with E-state index in [0.717, 1.165) is 16.7 Å². The number of hydrogen-bond donors (Lipinski definition) is 0. The third kappa shape index (κ3) is 2.53. The van der Waals surface area contributed by atoms with Gasteiger partial charge in [0.15, 0.2) is 0 Å². The molecule has 0 heteroatoms. The minimum atomic E-state index is 0.861. The summed E-state index contributed by atoms with van der Waals surface area (Å²) in [6, 6.07) is 17.6. The van der Waals surface area contributed by atoms with E-state index in [1.165, 1.54) is 0 Å². The van der Waals surface area contributed by atoms with Crippen molar-refractivity contribution in [3.05, 3.63) is 71.3 Å². The minimum Gasteiger partial charge on any atom is -0.115 e. The van der Waals surface area contributed by atoms with Crippen molar-refractivity contribution in [1.82, 2.24) is 0 Å². The highest BCUT2D eigenvalue weighted by Crippen LogP contribution is 2.03. The van der Waals surface area contributed by atoms with E-state index in [1.807, 2.05) is 54.6 Å². The van der Waals surface area contributed by atoms with E-state index in [-0.39, 0.29) is 0 Å². The van der Waals surface area contributed by atoms with Crippen LogP contribution in [0, 0.1) is 24.2 Å². The van der Waals surface area contributed by atoms with Gasteiger partial charge in [-0.05, 0) is 30.3 Å². The lowest BCUT2D eigenvalue weighted by Crippen LogP contribution is -1.78. The van der Waals surface area contributed by atoms with Crippen LogP contribution >= 0.6 is 0 Å². The van der Waals surface area contributed by atoms with Crippen LogP contribution in [0.1, 0.15) is 16.7 Å². The van der Waals surface area contributed by atoms with Crippen molar-refractivity contribution in [1.29, 1.82) is 0 Å². The summed E-state index contributed by atoms with van der Waals surface area (Å²) in [6.45, 7) is 0. The first-order valence-electron chi connectivity index (χ1n) is 5.02. The number of terminal acetylenes is 1. The highest BCUT2D eigenvalue weighted by Gasteiger charge is 1.89. The highest BCUT2D eigenvalue weighted by molar-refractivity contribution is 5.46. The molecule has 0 heterocycles. The molecule has 0 nitrogen and oxygen atoms in total. The van der Waals surface area contributed by atoms with Gasteiger partial charge >= 0.3 is 0 Å². The Kier molecular flexibility index (Phi) is 3.07. The van der Waals surface area contributed by atoms with E-state index < -0.39 is 0 Å². The Morgan fingerprint density at radius 2 is 1.31 bits per heavy atom. The first kappa shape index (κ1) is 10.1. The summed E-state index contributed by atoms with van der Waals surface area (Å²) in [6.07, 6.45) is 5.33. The van der Waals surface area contributed by atoms with Crippen molar-refractivity contribution < 1.29 is 0 Å². The molecular weight excluding hydrogens is 192 g/mol. The second kappa shape index (κ2) is 4.87. The van der Waals surface area contributed by atoms with E-state index in [9.17, 15) is 0 Å². The molecule has 0 aliphatic carbocycles. The maximum Gasteiger partial charge on any atom is 0.0261 e. The lowest BCUT2D eigenvalue weighted by atomic mass is 10.1. The van der Waals surface area contributed by atoms with Crippen LogP contribution in [-0.4, -0.2) is 0 Å². The first-order chi connectivity index (χ1) is 7.88. The molecule has 16 heavy (non-hydrogen) atoms. The molecule has 2 aromatic carbocycles. The van der Waals surface area contributed by atoms with E-state index in [1.54, 1.807) is 0 Å². The maximum atomic E-state index is 5.33. The van der Waals surface area contributed by atoms with Crippen LogP contribution in [0.2, 0.25) is 0 Å². The van der Waals surface area contributed by atoms with Gasteiger partial charge in [-0.2, -0.15) is 0 Å².